The van der Waals surface area contributed by atoms with Crippen LogP contribution >= 0.6 is 0 Å². The van der Waals surface area contributed by atoms with Crippen molar-refractivity contribution in [2.24, 2.45) is 5.92 Å². The van der Waals surface area contributed by atoms with Gasteiger partial charge in [-0.1, -0.05) is 6.92 Å². The summed E-state index contributed by atoms with van der Waals surface area (Å²) < 4.78 is 27.6. The first kappa shape index (κ1) is 13.4. The van der Waals surface area contributed by atoms with Crippen LogP contribution in [-0.4, -0.2) is 52.3 Å². The molecule has 102 valence electrons. The standard InChI is InChI=1S/C10H19N5O2S/c1-9-4-3-5-15(6-9)18(16,17)14(2)7-10-11-8-12-13-10/h8-9H,3-7H2,1-2H3,(H,11,12,13). The number of nitrogens with zero attached hydrogens (tertiary/aromatic N) is 4. The summed E-state index contributed by atoms with van der Waals surface area (Å²) in [6.07, 6.45) is 3.40. The van der Waals surface area contributed by atoms with E-state index >= 15 is 0 Å². The molecule has 2 rings (SSSR count). The van der Waals surface area contributed by atoms with Crippen molar-refractivity contribution < 1.29 is 8.42 Å². The summed E-state index contributed by atoms with van der Waals surface area (Å²) in [5.41, 5.74) is 0. The largest absolute Gasteiger partial charge is 0.282 e. The second kappa shape index (κ2) is 5.33. The quantitative estimate of drug-likeness (QED) is 0.850. The smallest absolute Gasteiger partial charge is 0.262 e. The van der Waals surface area contributed by atoms with Crippen molar-refractivity contribution >= 4 is 10.2 Å². The summed E-state index contributed by atoms with van der Waals surface area (Å²) in [5.74, 6) is 0.971. The summed E-state index contributed by atoms with van der Waals surface area (Å²) in [5, 5.41) is 6.38. The highest BCUT2D eigenvalue weighted by molar-refractivity contribution is 7.86. The van der Waals surface area contributed by atoms with Crippen molar-refractivity contribution in [3.05, 3.63) is 12.2 Å². The van der Waals surface area contributed by atoms with Crippen molar-refractivity contribution in [2.75, 3.05) is 20.1 Å². The van der Waals surface area contributed by atoms with E-state index < -0.39 is 10.2 Å². The van der Waals surface area contributed by atoms with Gasteiger partial charge in [-0.2, -0.15) is 22.1 Å². The lowest BCUT2D eigenvalue weighted by molar-refractivity contribution is 0.262. The molecule has 1 atom stereocenters. The average molecular weight is 273 g/mol. The minimum atomic E-state index is -3.39. The number of piperidine rings is 1. The van der Waals surface area contributed by atoms with Gasteiger partial charge in [0.25, 0.3) is 10.2 Å². The molecule has 1 aromatic rings. The number of nitrogens with one attached hydrogen (secondary N) is 1. The molecular weight excluding hydrogens is 254 g/mol. The fourth-order valence-electron chi connectivity index (χ4n) is 2.15. The van der Waals surface area contributed by atoms with Gasteiger partial charge < -0.3 is 0 Å². The molecule has 1 saturated heterocycles. The Morgan fingerprint density at radius 3 is 3.00 bits per heavy atom. The van der Waals surface area contributed by atoms with Crippen LogP contribution in [0.5, 0.6) is 0 Å². The topological polar surface area (TPSA) is 82.2 Å². The van der Waals surface area contributed by atoms with Gasteiger partial charge in [-0.25, -0.2) is 4.98 Å². The van der Waals surface area contributed by atoms with Gasteiger partial charge >= 0.3 is 0 Å². The average Bonchev–Trinajstić information content (AvgIpc) is 2.81. The maximum atomic E-state index is 12.3. The Morgan fingerprint density at radius 1 is 1.61 bits per heavy atom. The molecule has 0 aromatic carbocycles. The fourth-order valence-corrected chi connectivity index (χ4v) is 3.63. The van der Waals surface area contributed by atoms with Crippen LogP contribution in [-0.2, 0) is 16.8 Å². The van der Waals surface area contributed by atoms with Crippen LogP contribution in [0.3, 0.4) is 0 Å². The minimum Gasteiger partial charge on any atom is -0.262 e. The van der Waals surface area contributed by atoms with E-state index in [0.717, 1.165) is 12.8 Å². The van der Waals surface area contributed by atoms with Gasteiger partial charge in [0.2, 0.25) is 0 Å². The van der Waals surface area contributed by atoms with Gasteiger partial charge in [0.05, 0.1) is 6.54 Å². The maximum Gasteiger partial charge on any atom is 0.282 e. The maximum absolute atomic E-state index is 12.3. The van der Waals surface area contributed by atoms with E-state index in [1.807, 2.05) is 0 Å². The van der Waals surface area contributed by atoms with Crippen LogP contribution in [0.1, 0.15) is 25.6 Å². The van der Waals surface area contributed by atoms with E-state index in [9.17, 15) is 8.42 Å². The van der Waals surface area contributed by atoms with E-state index in [0.29, 0.717) is 24.8 Å². The lowest BCUT2D eigenvalue weighted by Gasteiger charge is -2.32. The monoisotopic (exact) mass is 273 g/mol. The number of hydrogen-bond donors (Lipinski definition) is 1. The summed E-state index contributed by atoms with van der Waals surface area (Å²) >= 11 is 0. The summed E-state index contributed by atoms with van der Waals surface area (Å²) in [6.45, 7) is 3.50. The third-order valence-electron chi connectivity index (χ3n) is 3.18. The molecule has 0 radical (unpaired) electrons. The second-order valence-electron chi connectivity index (χ2n) is 4.80. The second-order valence-corrected chi connectivity index (χ2v) is 6.84. The molecule has 0 bridgehead atoms. The zero-order valence-corrected chi connectivity index (χ0v) is 11.5. The number of H-pyrrole nitrogens is 1. The van der Waals surface area contributed by atoms with Crippen molar-refractivity contribution in [1.82, 2.24) is 23.8 Å². The highest BCUT2D eigenvalue weighted by Gasteiger charge is 2.30. The highest BCUT2D eigenvalue weighted by Crippen LogP contribution is 2.20. The fraction of sp³-hybridized carbons (Fsp3) is 0.800. The predicted octanol–water partition coefficient (Wildman–Crippen LogP) is 0.213. The molecule has 1 aliphatic heterocycles. The van der Waals surface area contributed by atoms with Crippen LogP contribution in [0.4, 0.5) is 0 Å². The zero-order chi connectivity index (χ0) is 13.2. The van der Waals surface area contributed by atoms with Crippen LogP contribution in [0.15, 0.2) is 6.33 Å². The Balaban J connectivity index is 2.05. The van der Waals surface area contributed by atoms with Crippen molar-refractivity contribution in [1.29, 1.82) is 0 Å². The lowest BCUT2D eigenvalue weighted by atomic mass is 10.0. The highest BCUT2D eigenvalue weighted by atomic mass is 32.2. The molecule has 1 N–H and O–H groups in total. The van der Waals surface area contributed by atoms with E-state index in [1.165, 1.54) is 10.6 Å². The molecule has 18 heavy (non-hydrogen) atoms. The molecule has 1 unspecified atom stereocenters. The SMILES string of the molecule is CC1CCCN(S(=O)(=O)N(C)Cc2ncn[nH]2)C1. The molecule has 1 aliphatic rings. The lowest BCUT2D eigenvalue weighted by Crippen LogP contribution is -2.46. The Hall–Kier alpha value is -0.990. The molecule has 0 saturated carbocycles. The minimum absolute atomic E-state index is 0.215. The molecule has 8 heteroatoms. The normalized spacial score (nSPS) is 22.5. The molecule has 0 spiro atoms. The van der Waals surface area contributed by atoms with E-state index in [2.05, 4.69) is 22.1 Å². The van der Waals surface area contributed by atoms with Gasteiger partial charge in [0.1, 0.15) is 12.2 Å². The molecule has 2 heterocycles. The first-order valence-electron chi connectivity index (χ1n) is 6.06. The molecule has 1 fully saturated rings. The number of aromatic nitrogens is 3. The van der Waals surface area contributed by atoms with Crippen molar-refractivity contribution in [3.63, 3.8) is 0 Å². The van der Waals surface area contributed by atoms with Crippen LogP contribution in [0.2, 0.25) is 0 Å². The summed E-state index contributed by atoms with van der Waals surface area (Å²) in [6, 6.07) is 0. The number of hydrogen-bond acceptors (Lipinski definition) is 4. The van der Waals surface area contributed by atoms with Gasteiger partial charge in [-0.15, -0.1) is 0 Å². The first-order valence-corrected chi connectivity index (χ1v) is 7.45. The van der Waals surface area contributed by atoms with E-state index in [4.69, 9.17) is 0 Å². The summed E-state index contributed by atoms with van der Waals surface area (Å²) in [4.78, 5) is 3.94. The third-order valence-corrected chi connectivity index (χ3v) is 5.08. The van der Waals surface area contributed by atoms with Crippen molar-refractivity contribution in [3.8, 4) is 0 Å². The Labute approximate surface area is 107 Å². The van der Waals surface area contributed by atoms with Gasteiger partial charge in [-0.3, -0.25) is 5.10 Å². The molecule has 1 aromatic heterocycles. The Kier molecular flexibility index (Phi) is 3.98. The van der Waals surface area contributed by atoms with E-state index in [-0.39, 0.29) is 6.54 Å². The van der Waals surface area contributed by atoms with E-state index in [1.54, 1.807) is 11.4 Å². The zero-order valence-electron chi connectivity index (χ0n) is 10.7. The molecular formula is C10H19N5O2S. The molecule has 7 nitrogen and oxygen atoms in total. The van der Waals surface area contributed by atoms with Crippen molar-refractivity contribution in [2.45, 2.75) is 26.3 Å². The third kappa shape index (κ3) is 2.88. The molecule has 0 aliphatic carbocycles. The Morgan fingerprint density at radius 2 is 2.39 bits per heavy atom. The van der Waals surface area contributed by atoms with Gasteiger partial charge in [-0.05, 0) is 18.8 Å². The van der Waals surface area contributed by atoms with Gasteiger partial charge in [0.15, 0.2) is 0 Å². The summed E-state index contributed by atoms with van der Waals surface area (Å²) in [7, 11) is -1.83. The van der Waals surface area contributed by atoms with Crippen LogP contribution in [0.25, 0.3) is 0 Å². The van der Waals surface area contributed by atoms with Crippen LogP contribution in [0, 0.1) is 5.92 Å². The Bertz CT molecular complexity index is 472. The predicted molar refractivity (Wildman–Crippen MR) is 66.7 cm³/mol. The number of aromatic amines is 1. The first-order chi connectivity index (χ1) is 8.50. The van der Waals surface area contributed by atoms with Gasteiger partial charge in [0, 0.05) is 20.1 Å². The number of rotatable bonds is 4. The molecule has 0 amide bonds. The van der Waals surface area contributed by atoms with Crippen LogP contribution < -0.4 is 0 Å².